The van der Waals surface area contributed by atoms with Crippen LogP contribution < -0.4 is 0 Å². The van der Waals surface area contributed by atoms with Gasteiger partial charge >= 0.3 is 11.9 Å². The molecule has 0 amide bonds. The largest absolute Gasteiger partial charge is 0.465 e. The van der Waals surface area contributed by atoms with Gasteiger partial charge in [-0.1, -0.05) is 5.92 Å². The van der Waals surface area contributed by atoms with E-state index in [1.165, 1.54) is 14.2 Å². The number of aromatic nitrogens is 1. The number of hydrogen-bond donors (Lipinski definition) is 1. The summed E-state index contributed by atoms with van der Waals surface area (Å²) in [6.07, 6.45) is 1.58. The maximum absolute atomic E-state index is 11.6. The predicted molar refractivity (Wildman–Crippen MR) is 68.5 cm³/mol. The summed E-state index contributed by atoms with van der Waals surface area (Å²) in [6.45, 7) is 0. The number of carbonyl (C=O) groups is 2. The maximum atomic E-state index is 11.6. The fourth-order valence-corrected chi connectivity index (χ4v) is 1.65. The minimum absolute atomic E-state index is 0.427. The molecule has 0 atom stereocenters. The third-order valence-corrected chi connectivity index (χ3v) is 2.58. The Kier molecular flexibility index (Phi) is 3.53. The van der Waals surface area contributed by atoms with Crippen molar-refractivity contribution in [3.8, 4) is 11.8 Å². The van der Waals surface area contributed by atoms with Gasteiger partial charge in [-0.25, -0.2) is 9.59 Å². The zero-order chi connectivity index (χ0) is 13.8. The highest BCUT2D eigenvalue weighted by Crippen LogP contribution is 2.20. The number of H-pyrrole nitrogens is 1. The standard InChI is InChI=1S/C14H11NO4/c1-18-13(16)6-4-9-3-5-12-10(7-9)11(8-15-12)14(17)19-2/h3,5,7-8,15H,1-2H3. The Morgan fingerprint density at radius 2 is 2.00 bits per heavy atom. The summed E-state index contributed by atoms with van der Waals surface area (Å²) < 4.78 is 9.12. The molecule has 0 saturated carbocycles. The van der Waals surface area contributed by atoms with Crippen molar-refractivity contribution in [3.63, 3.8) is 0 Å². The summed E-state index contributed by atoms with van der Waals surface area (Å²) in [5.41, 5.74) is 1.84. The van der Waals surface area contributed by atoms with Crippen LogP contribution in [-0.2, 0) is 14.3 Å². The normalized spacial score (nSPS) is 9.58. The Bertz CT molecular complexity index is 703. The lowest BCUT2D eigenvalue weighted by Crippen LogP contribution is -1.99. The number of esters is 2. The van der Waals surface area contributed by atoms with E-state index < -0.39 is 11.9 Å². The molecule has 0 aliphatic rings. The van der Waals surface area contributed by atoms with Gasteiger partial charge in [-0.05, 0) is 18.2 Å². The lowest BCUT2D eigenvalue weighted by Gasteiger charge is -1.97. The smallest absolute Gasteiger partial charge is 0.384 e. The molecule has 0 spiro atoms. The van der Waals surface area contributed by atoms with Gasteiger partial charge in [-0.3, -0.25) is 0 Å². The van der Waals surface area contributed by atoms with Crippen LogP contribution in [0, 0.1) is 11.8 Å². The third kappa shape index (κ3) is 2.58. The number of methoxy groups -OCH3 is 2. The van der Waals surface area contributed by atoms with E-state index in [0.29, 0.717) is 16.5 Å². The maximum Gasteiger partial charge on any atom is 0.384 e. The average molecular weight is 257 g/mol. The number of carbonyl (C=O) groups excluding carboxylic acids is 2. The molecule has 0 bridgehead atoms. The number of hydrogen-bond acceptors (Lipinski definition) is 4. The monoisotopic (exact) mass is 257 g/mol. The fraction of sp³-hybridized carbons (Fsp3) is 0.143. The molecule has 0 aliphatic carbocycles. The summed E-state index contributed by atoms with van der Waals surface area (Å²) in [5.74, 6) is 3.97. The number of nitrogens with one attached hydrogen (secondary N) is 1. The van der Waals surface area contributed by atoms with Crippen LogP contribution in [-0.4, -0.2) is 31.1 Å². The van der Waals surface area contributed by atoms with Gasteiger partial charge in [0.15, 0.2) is 0 Å². The zero-order valence-corrected chi connectivity index (χ0v) is 10.4. The summed E-state index contributed by atoms with van der Waals surface area (Å²) in [4.78, 5) is 25.5. The van der Waals surface area contributed by atoms with Crippen LogP contribution in [0.1, 0.15) is 15.9 Å². The molecule has 1 heterocycles. The van der Waals surface area contributed by atoms with E-state index in [1.54, 1.807) is 24.4 Å². The van der Waals surface area contributed by atoms with E-state index in [0.717, 1.165) is 5.52 Å². The van der Waals surface area contributed by atoms with E-state index in [9.17, 15) is 9.59 Å². The molecule has 0 saturated heterocycles. The molecule has 19 heavy (non-hydrogen) atoms. The van der Waals surface area contributed by atoms with E-state index in [2.05, 4.69) is 26.3 Å². The molecule has 1 N–H and O–H groups in total. The second kappa shape index (κ2) is 5.27. The SMILES string of the molecule is COC(=O)C#Cc1ccc2[nH]cc(C(=O)OC)c2c1. The summed E-state index contributed by atoms with van der Waals surface area (Å²) in [5, 5.41) is 0.698. The van der Waals surface area contributed by atoms with Crippen LogP contribution in [0.15, 0.2) is 24.4 Å². The van der Waals surface area contributed by atoms with Gasteiger partial charge in [-0.2, -0.15) is 0 Å². The van der Waals surface area contributed by atoms with Crippen LogP contribution in [0.25, 0.3) is 10.9 Å². The van der Waals surface area contributed by atoms with Crippen molar-refractivity contribution >= 4 is 22.8 Å². The van der Waals surface area contributed by atoms with Crippen molar-refractivity contribution in [1.82, 2.24) is 4.98 Å². The summed E-state index contributed by atoms with van der Waals surface area (Å²) in [6, 6.07) is 5.24. The Morgan fingerprint density at radius 3 is 2.68 bits per heavy atom. The van der Waals surface area contributed by atoms with Crippen molar-refractivity contribution in [1.29, 1.82) is 0 Å². The molecule has 2 rings (SSSR count). The molecule has 1 aromatic heterocycles. The van der Waals surface area contributed by atoms with Crippen LogP contribution in [0.5, 0.6) is 0 Å². The molecular formula is C14H11NO4. The van der Waals surface area contributed by atoms with Gasteiger partial charge < -0.3 is 14.5 Å². The highest BCUT2D eigenvalue weighted by atomic mass is 16.5. The Balaban J connectivity index is 2.46. The first-order chi connectivity index (χ1) is 9.15. The molecule has 2 aromatic rings. The van der Waals surface area contributed by atoms with Gasteiger partial charge in [0.05, 0.1) is 19.8 Å². The highest BCUT2D eigenvalue weighted by molar-refractivity contribution is 6.04. The molecule has 5 heteroatoms. The molecule has 0 fully saturated rings. The van der Waals surface area contributed by atoms with Crippen molar-refractivity contribution < 1.29 is 19.1 Å². The molecule has 0 radical (unpaired) electrons. The second-order valence-electron chi connectivity index (χ2n) is 3.70. The van der Waals surface area contributed by atoms with Crippen molar-refractivity contribution in [2.24, 2.45) is 0 Å². The van der Waals surface area contributed by atoms with E-state index in [1.807, 2.05) is 0 Å². The van der Waals surface area contributed by atoms with Crippen molar-refractivity contribution in [2.45, 2.75) is 0 Å². The zero-order valence-electron chi connectivity index (χ0n) is 10.4. The molecule has 0 unspecified atom stereocenters. The van der Waals surface area contributed by atoms with Crippen LogP contribution >= 0.6 is 0 Å². The van der Waals surface area contributed by atoms with Crippen LogP contribution in [0.2, 0.25) is 0 Å². The third-order valence-electron chi connectivity index (χ3n) is 2.58. The van der Waals surface area contributed by atoms with E-state index >= 15 is 0 Å². The van der Waals surface area contributed by atoms with E-state index in [-0.39, 0.29) is 0 Å². The number of rotatable bonds is 1. The molecule has 0 aliphatic heterocycles. The number of aromatic amines is 1. The first-order valence-electron chi connectivity index (χ1n) is 5.45. The van der Waals surface area contributed by atoms with Crippen LogP contribution in [0.4, 0.5) is 0 Å². The predicted octanol–water partition coefficient (Wildman–Crippen LogP) is 1.48. The van der Waals surface area contributed by atoms with Crippen LogP contribution in [0.3, 0.4) is 0 Å². The first kappa shape index (κ1) is 12.7. The topological polar surface area (TPSA) is 68.4 Å². The summed E-state index contributed by atoms with van der Waals surface area (Å²) >= 11 is 0. The molecule has 96 valence electrons. The Morgan fingerprint density at radius 1 is 1.21 bits per heavy atom. The van der Waals surface area contributed by atoms with Gasteiger partial charge in [0.1, 0.15) is 0 Å². The molecular weight excluding hydrogens is 246 g/mol. The number of benzene rings is 1. The highest BCUT2D eigenvalue weighted by Gasteiger charge is 2.12. The second-order valence-corrected chi connectivity index (χ2v) is 3.70. The number of fused-ring (bicyclic) bond motifs is 1. The lowest BCUT2D eigenvalue weighted by molar-refractivity contribution is -0.133. The van der Waals surface area contributed by atoms with Crippen molar-refractivity contribution in [2.75, 3.05) is 14.2 Å². The lowest BCUT2D eigenvalue weighted by atomic mass is 10.1. The average Bonchev–Trinajstić information content (AvgIpc) is 2.86. The minimum atomic E-state index is -0.609. The van der Waals surface area contributed by atoms with Crippen molar-refractivity contribution in [3.05, 3.63) is 35.5 Å². The van der Waals surface area contributed by atoms with Gasteiger partial charge in [0.25, 0.3) is 0 Å². The molecule has 5 nitrogen and oxygen atoms in total. The van der Waals surface area contributed by atoms with E-state index in [4.69, 9.17) is 0 Å². The molecule has 1 aromatic carbocycles. The number of ether oxygens (including phenoxy) is 2. The quantitative estimate of drug-likeness (QED) is 0.620. The minimum Gasteiger partial charge on any atom is -0.465 e. The first-order valence-corrected chi connectivity index (χ1v) is 5.45. The Labute approximate surface area is 109 Å². The van der Waals surface area contributed by atoms with Gasteiger partial charge in [0.2, 0.25) is 0 Å². The summed E-state index contributed by atoms with van der Waals surface area (Å²) in [7, 11) is 2.59. The van der Waals surface area contributed by atoms with Gasteiger partial charge in [0, 0.05) is 28.6 Å². The fourth-order valence-electron chi connectivity index (χ4n) is 1.65. The van der Waals surface area contributed by atoms with Gasteiger partial charge in [-0.15, -0.1) is 0 Å². The Hall–Kier alpha value is -2.74.